The summed E-state index contributed by atoms with van der Waals surface area (Å²) in [7, 11) is 4.09. The summed E-state index contributed by atoms with van der Waals surface area (Å²) in [6, 6.07) is 0.715. The van der Waals surface area contributed by atoms with Gasteiger partial charge in [-0.15, -0.1) is 0 Å². The van der Waals surface area contributed by atoms with Crippen molar-refractivity contribution < 1.29 is 4.79 Å². The molecule has 2 fully saturated rings. The summed E-state index contributed by atoms with van der Waals surface area (Å²) in [4.78, 5) is 18.4. The Morgan fingerprint density at radius 3 is 2.65 bits per heavy atom. The van der Waals surface area contributed by atoms with Gasteiger partial charge in [0.2, 0.25) is 0 Å². The van der Waals surface area contributed by atoms with E-state index in [1.807, 2.05) is 19.0 Å². The lowest BCUT2D eigenvalue weighted by Gasteiger charge is -2.31. The highest BCUT2D eigenvalue weighted by Gasteiger charge is 2.33. The molecule has 17 heavy (non-hydrogen) atoms. The first-order valence-electron chi connectivity index (χ1n) is 6.59. The Balaban J connectivity index is 1.83. The Morgan fingerprint density at radius 2 is 2.00 bits per heavy atom. The molecular weight excluding hydrogens is 216 g/mol. The predicted octanol–water partition coefficient (Wildman–Crippen LogP) is 0.0376. The Bertz CT molecular complexity index is 263. The number of piperidine rings is 1. The van der Waals surface area contributed by atoms with Crippen LogP contribution in [0, 0.1) is 0 Å². The fourth-order valence-electron chi connectivity index (χ4n) is 2.59. The Hall–Kier alpha value is -0.810. The number of carbonyl (C=O) groups excluding carboxylic acids is 1. The molecule has 0 radical (unpaired) electrons. The first-order chi connectivity index (χ1) is 8.18. The van der Waals surface area contributed by atoms with Crippen LogP contribution < -0.4 is 5.32 Å². The van der Waals surface area contributed by atoms with Gasteiger partial charge in [-0.3, -0.25) is 0 Å². The van der Waals surface area contributed by atoms with Crippen LogP contribution in [-0.4, -0.2) is 80.1 Å². The van der Waals surface area contributed by atoms with Crippen molar-refractivity contribution in [2.45, 2.75) is 18.9 Å². The molecule has 2 rings (SSSR count). The molecule has 0 unspecified atom stereocenters. The minimum atomic E-state index is 0.249. The topological polar surface area (TPSA) is 38.8 Å². The third-order valence-electron chi connectivity index (χ3n) is 3.69. The molecule has 0 bridgehead atoms. The summed E-state index contributed by atoms with van der Waals surface area (Å²) in [6.07, 6.45) is 2.21. The number of nitrogens with one attached hydrogen (secondary N) is 1. The highest BCUT2D eigenvalue weighted by atomic mass is 16.2. The summed E-state index contributed by atoms with van der Waals surface area (Å²) >= 11 is 0. The van der Waals surface area contributed by atoms with E-state index in [0.717, 1.165) is 52.1 Å². The van der Waals surface area contributed by atoms with Crippen molar-refractivity contribution in [2.75, 3.05) is 53.4 Å². The van der Waals surface area contributed by atoms with Gasteiger partial charge in [-0.2, -0.15) is 0 Å². The average molecular weight is 240 g/mol. The van der Waals surface area contributed by atoms with Crippen LogP contribution in [0.2, 0.25) is 0 Å². The van der Waals surface area contributed by atoms with E-state index in [9.17, 15) is 4.79 Å². The summed E-state index contributed by atoms with van der Waals surface area (Å²) in [5.74, 6) is 0. The van der Waals surface area contributed by atoms with Crippen LogP contribution in [0.25, 0.3) is 0 Å². The second kappa shape index (κ2) is 5.69. The van der Waals surface area contributed by atoms with E-state index in [2.05, 4.69) is 15.1 Å². The van der Waals surface area contributed by atoms with Crippen molar-refractivity contribution in [1.82, 2.24) is 20.0 Å². The van der Waals surface area contributed by atoms with E-state index in [4.69, 9.17) is 0 Å². The molecule has 2 heterocycles. The number of urea groups is 1. The van der Waals surface area contributed by atoms with Gasteiger partial charge >= 0.3 is 6.03 Å². The van der Waals surface area contributed by atoms with Gasteiger partial charge in [0.25, 0.3) is 0 Å². The third kappa shape index (κ3) is 3.10. The minimum Gasteiger partial charge on any atom is -0.322 e. The van der Waals surface area contributed by atoms with E-state index in [1.54, 1.807) is 0 Å². The molecule has 1 N–H and O–H groups in total. The summed E-state index contributed by atoms with van der Waals surface area (Å²) in [5.41, 5.74) is 0. The van der Waals surface area contributed by atoms with Crippen molar-refractivity contribution in [3.63, 3.8) is 0 Å². The molecule has 2 aliphatic heterocycles. The molecule has 0 aromatic heterocycles. The molecule has 2 saturated heterocycles. The molecule has 0 aliphatic carbocycles. The van der Waals surface area contributed by atoms with Gasteiger partial charge in [0.15, 0.2) is 0 Å². The number of amides is 2. The van der Waals surface area contributed by atoms with Crippen LogP contribution in [0.15, 0.2) is 0 Å². The Kier molecular flexibility index (Phi) is 4.23. The monoisotopic (exact) mass is 240 g/mol. The lowest BCUT2D eigenvalue weighted by molar-refractivity contribution is 0.164. The summed E-state index contributed by atoms with van der Waals surface area (Å²) in [5, 5.41) is 3.35. The fourth-order valence-corrected chi connectivity index (χ4v) is 2.59. The maximum atomic E-state index is 12.2. The van der Waals surface area contributed by atoms with E-state index in [1.165, 1.54) is 0 Å². The standard InChI is InChI=1S/C12H24N4O/c1-14(2)7-8-15-9-10-16(12(15)17)11-3-5-13-6-4-11/h11,13H,3-10H2,1-2H3. The molecule has 0 aromatic rings. The van der Waals surface area contributed by atoms with Crippen LogP contribution in [0.3, 0.4) is 0 Å². The Labute approximate surface area is 104 Å². The Morgan fingerprint density at radius 1 is 1.29 bits per heavy atom. The largest absolute Gasteiger partial charge is 0.322 e. The lowest BCUT2D eigenvalue weighted by Crippen LogP contribution is -2.45. The van der Waals surface area contributed by atoms with Crippen molar-refractivity contribution >= 4 is 6.03 Å². The number of nitrogens with zero attached hydrogens (tertiary/aromatic N) is 3. The molecule has 0 aromatic carbocycles. The SMILES string of the molecule is CN(C)CCN1CCN(C2CCNCC2)C1=O. The van der Waals surface area contributed by atoms with Gasteiger partial charge < -0.3 is 20.0 Å². The van der Waals surface area contributed by atoms with Crippen molar-refractivity contribution in [3.8, 4) is 0 Å². The van der Waals surface area contributed by atoms with E-state index >= 15 is 0 Å². The number of rotatable bonds is 4. The molecule has 5 nitrogen and oxygen atoms in total. The van der Waals surface area contributed by atoms with E-state index in [-0.39, 0.29) is 6.03 Å². The highest BCUT2D eigenvalue weighted by molar-refractivity contribution is 5.76. The number of likely N-dealkylation sites (N-methyl/N-ethyl adjacent to an activating group) is 1. The molecular formula is C12H24N4O. The summed E-state index contributed by atoms with van der Waals surface area (Å²) < 4.78 is 0. The van der Waals surface area contributed by atoms with E-state index < -0.39 is 0 Å². The first kappa shape index (κ1) is 12.6. The smallest absolute Gasteiger partial charge is 0.320 e. The van der Waals surface area contributed by atoms with Crippen molar-refractivity contribution in [2.24, 2.45) is 0 Å². The molecule has 98 valence electrons. The summed E-state index contributed by atoms with van der Waals surface area (Å²) in [6.45, 7) is 5.71. The average Bonchev–Trinajstić information content (AvgIpc) is 2.69. The van der Waals surface area contributed by atoms with Crippen LogP contribution in [0.1, 0.15) is 12.8 Å². The highest BCUT2D eigenvalue weighted by Crippen LogP contribution is 2.18. The molecule has 5 heteroatoms. The second-order valence-corrected chi connectivity index (χ2v) is 5.25. The quantitative estimate of drug-likeness (QED) is 0.754. The number of carbonyl (C=O) groups is 1. The van der Waals surface area contributed by atoms with Crippen LogP contribution >= 0.6 is 0 Å². The third-order valence-corrected chi connectivity index (χ3v) is 3.69. The molecule has 0 spiro atoms. The molecule has 2 amide bonds. The fraction of sp³-hybridized carbons (Fsp3) is 0.917. The normalized spacial score (nSPS) is 22.9. The number of hydrogen-bond donors (Lipinski definition) is 1. The zero-order valence-corrected chi connectivity index (χ0v) is 11.0. The molecule has 0 atom stereocenters. The zero-order chi connectivity index (χ0) is 12.3. The molecule has 2 aliphatic rings. The van der Waals surface area contributed by atoms with Crippen molar-refractivity contribution in [1.29, 1.82) is 0 Å². The lowest BCUT2D eigenvalue weighted by atomic mass is 10.1. The maximum absolute atomic E-state index is 12.2. The van der Waals surface area contributed by atoms with Gasteiger partial charge in [-0.1, -0.05) is 0 Å². The van der Waals surface area contributed by atoms with Crippen LogP contribution in [0.4, 0.5) is 4.79 Å². The van der Waals surface area contributed by atoms with Gasteiger partial charge in [0.1, 0.15) is 0 Å². The van der Waals surface area contributed by atoms with Gasteiger partial charge in [-0.25, -0.2) is 4.79 Å². The zero-order valence-electron chi connectivity index (χ0n) is 11.0. The maximum Gasteiger partial charge on any atom is 0.320 e. The molecule has 0 saturated carbocycles. The van der Waals surface area contributed by atoms with Crippen LogP contribution in [-0.2, 0) is 0 Å². The van der Waals surface area contributed by atoms with E-state index in [0.29, 0.717) is 6.04 Å². The van der Waals surface area contributed by atoms with Crippen LogP contribution in [0.5, 0.6) is 0 Å². The number of hydrogen-bond acceptors (Lipinski definition) is 3. The minimum absolute atomic E-state index is 0.249. The van der Waals surface area contributed by atoms with Crippen molar-refractivity contribution in [3.05, 3.63) is 0 Å². The van der Waals surface area contributed by atoms with Gasteiger partial charge in [0, 0.05) is 32.2 Å². The predicted molar refractivity (Wildman–Crippen MR) is 68.1 cm³/mol. The van der Waals surface area contributed by atoms with Gasteiger partial charge in [0.05, 0.1) is 0 Å². The first-order valence-corrected chi connectivity index (χ1v) is 6.59. The second-order valence-electron chi connectivity index (χ2n) is 5.25. The van der Waals surface area contributed by atoms with Gasteiger partial charge in [-0.05, 0) is 40.0 Å².